The molecule has 0 aromatic heterocycles. The monoisotopic (exact) mass is 176 g/mol. The topological polar surface area (TPSA) is 0 Å². The van der Waals surface area contributed by atoms with Gasteiger partial charge in [-0.3, -0.25) is 0 Å². The van der Waals surface area contributed by atoms with Gasteiger partial charge in [0.2, 0.25) is 0 Å². The van der Waals surface area contributed by atoms with Gasteiger partial charge in [0.1, 0.15) is 0 Å². The molecule has 56 valence electrons. The predicted octanol–water partition coefficient (Wildman–Crippen LogP) is 2.88. The minimum atomic E-state index is -2.97. The van der Waals surface area contributed by atoms with Gasteiger partial charge in [0.05, 0.1) is 10.8 Å². The molecule has 9 heavy (non-hydrogen) atoms. The number of hydrogen-bond acceptors (Lipinski definition) is 0. The van der Waals surface area contributed by atoms with Crippen LogP contribution in [-0.2, 0) is 0 Å². The molecule has 0 heterocycles. The Balaban J connectivity index is 4.01. The maximum absolute atomic E-state index is 12.4. The van der Waals surface area contributed by atoms with Crippen LogP contribution in [0.15, 0.2) is 0 Å². The molecule has 2 atom stereocenters. The summed E-state index contributed by atoms with van der Waals surface area (Å²) in [6.07, 6.45) is 0. The van der Waals surface area contributed by atoms with Gasteiger partial charge in [-0.2, -0.15) is 0 Å². The van der Waals surface area contributed by atoms with Gasteiger partial charge in [-0.25, -0.2) is 8.78 Å². The third kappa shape index (κ3) is 2.26. The molecule has 4 heteroatoms. The van der Waals surface area contributed by atoms with Gasteiger partial charge >= 0.3 is 0 Å². The Kier molecular flexibility index (Phi) is 3.17. The first-order chi connectivity index (χ1) is 3.89. The molecule has 0 saturated heterocycles. The molecule has 0 aliphatic rings. The largest absolute Gasteiger partial charge is 0.279 e. The molecular weight excluding hydrogens is 169 g/mol. The highest BCUT2D eigenvalue weighted by molar-refractivity contribution is 6.24. The second-order valence-electron chi connectivity index (χ2n) is 1.91. The highest BCUT2D eigenvalue weighted by Gasteiger charge is 2.40. The lowest BCUT2D eigenvalue weighted by molar-refractivity contribution is 0.00145. The first kappa shape index (κ1) is 9.44. The highest BCUT2D eigenvalue weighted by atomic mass is 35.5. The van der Waals surface area contributed by atoms with E-state index < -0.39 is 16.7 Å². The number of rotatable bonds is 2. The lowest BCUT2D eigenvalue weighted by Gasteiger charge is -2.20. The number of alkyl halides is 4. The van der Waals surface area contributed by atoms with Crippen LogP contribution in [0.3, 0.4) is 0 Å². The summed E-state index contributed by atoms with van der Waals surface area (Å²) in [6, 6.07) is 0. The zero-order valence-electron chi connectivity index (χ0n) is 5.17. The van der Waals surface area contributed by atoms with Gasteiger partial charge in [-0.05, 0) is 13.8 Å². The molecule has 0 bridgehead atoms. The zero-order chi connectivity index (χ0) is 7.65. The van der Waals surface area contributed by atoms with E-state index in [2.05, 4.69) is 0 Å². The molecule has 0 aromatic carbocycles. The maximum Gasteiger partial charge on any atom is 0.279 e. The molecule has 2 unspecified atom stereocenters. The fraction of sp³-hybridized carbons (Fsp3) is 1.00. The molecule has 0 aliphatic carbocycles. The van der Waals surface area contributed by atoms with E-state index in [0.717, 1.165) is 0 Å². The van der Waals surface area contributed by atoms with Crippen molar-refractivity contribution < 1.29 is 8.78 Å². The van der Waals surface area contributed by atoms with Crippen molar-refractivity contribution in [1.29, 1.82) is 0 Å². The summed E-state index contributed by atoms with van der Waals surface area (Å²) in [5, 5.41) is -2.41. The molecule has 0 spiro atoms. The van der Waals surface area contributed by atoms with E-state index in [0.29, 0.717) is 0 Å². The fourth-order valence-corrected chi connectivity index (χ4v) is 0.759. The van der Waals surface area contributed by atoms with E-state index in [9.17, 15) is 8.78 Å². The smallest absolute Gasteiger partial charge is 0.204 e. The van der Waals surface area contributed by atoms with Crippen molar-refractivity contribution in [2.24, 2.45) is 0 Å². The van der Waals surface area contributed by atoms with Crippen molar-refractivity contribution in [2.45, 2.75) is 30.5 Å². The number of halogens is 4. The first-order valence-corrected chi connectivity index (χ1v) is 3.42. The third-order valence-electron chi connectivity index (χ3n) is 1.06. The fourth-order valence-electron chi connectivity index (χ4n) is 0.316. The van der Waals surface area contributed by atoms with E-state index in [1.54, 1.807) is 0 Å². The summed E-state index contributed by atoms with van der Waals surface area (Å²) in [5.74, 6) is -2.97. The van der Waals surface area contributed by atoms with Gasteiger partial charge in [-0.1, -0.05) is 0 Å². The maximum atomic E-state index is 12.4. The van der Waals surface area contributed by atoms with Crippen molar-refractivity contribution in [1.82, 2.24) is 0 Å². The van der Waals surface area contributed by atoms with Crippen LogP contribution < -0.4 is 0 Å². The Labute approximate surface area is 63.1 Å². The van der Waals surface area contributed by atoms with Crippen LogP contribution in [0.25, 0.3) is 0 Å². The normalized spacial score (nSPS) is 19.3. The van der Waals surface area contributed by atoms with Crippen LogP contribution in [0, 0.1) is 0 Å². The molecule has 0 saturated carbocycles. The van der Waals surface area contributed by atoms with Crippen molar-refractivity contribution >= 4 is 23.2 Å². The Hall–Kier alpha value is 0.440. The molecule has 0 aliphatic heterocycles. The van der Waals surface area contributed by atoms with Crippen molar-refractivity contribution in [3.05, 3.63) is 0 Å². The van der Waals surface area contributed by atoms with Crippen molar-refractivity contribution in [3.63, 3.8) is 0 Å². The Morgan fingerprint density at radius 2 is 1.33 bits per heavy atom. The predicted molar refractivity (Wildman–Crippen MR) is 35.6 cm³/mol. The molecule has 0 fully saturated rings. The molecule has 0 N–H and O–H groups in total. The number of hydrogen-bond donors (Lipinski definition) is 0. The first-order valence-electron chi connectivity index (χ1n) is 2.55. The van der Waals surface area contributed by atoms with Crippen LogP contribution in [0.4, 0.5) is 8.78 Å². The average molecular weight is 177 g/mol. The molecular formula is C5H8Cl2F2. The van der Waals surface area contributed by atoms with Gasteiger partial charge in [0, 0.05) is 0 Å². The van der Waals surface area contributed by atoms with Gasteiger partial charge in [0.25, 0.3) is 5.92 Å². The van der Waals surface area contributed by atoms with Crippen LogP contribution in [0.2, 0.25) is 0 Å². The summed E-state index contributed by atoms with van der Waals surface area (Å²) >= 11 is 10.3. The highest BCUT2D eigenvalue weighted by Crippen LogP contribution is 2.29. The van der Waals surface area contributed by atoms with Crippen LogP contribution in [0.5, 0.6) is 0 Å². The van der Waals surface area contributed by atoms with Crippen molar-refractivity contribution in [3.8, 4) is 0 Å². The van der Waals surface area contributed by atoms with E-state index in [4.69, 9.17) is 23.2 Å². The van der Waals surface area contributed by atoms with E-state index in [-0.39, 0.29) is 0 Å². The second kappa shape index (κ2) is 3.02. The van der Waals surface area contributed by atoms with Crippen molar-refractivity contribution in [2.75, 3.05) is 0 Å². The van der Waals surface area contributed by atoms with Gasteiger partial charge < -0.3 is 0 Å². The third-order valence-corrected chi connectivity index (χ3v) is 1.64. The summed E-state index contributed by atoms with van der Waals surface area (Å²) in [6.45, 7) is 2.45. The Morgan fingerprint density at radius 1 is 1.11 bits per heavy atom. The lowest BCUT2D eigenvalue weighted by Crippen LogP contribution is -2.34. The van der Waals surface area contributed by atoms with Gasteiger partial charge in [-0.15, -0.1) is 23.2 Å². The Bertz CT molecular complexity index is 81.0. The summed E-state index contributed by atoms with van der Waals surface area (Å²) < 4.78 is 24.8. The average Bonchev–Trinajstić information content (AvgIpc) is 1.65. The van der Waals surface area contributed by atoms with Crippen LogP contribution >= 0.6 is 23.2 Å². The molecule has 0 nitrogen and oxygen atoms in total. The molecule has 0 amide bonds. The molecule has 0 aromatic rings. The minimum absolute atomic E-state index is 1.20. The van der Waals surface area contributed by atoms with Crippen LogP contribution in [0.1, 0.15) is 13.8 Å². The quantitative estimate of drug-likeness (QED) is 0.569. The summed E-state index contributed by atoms with van der Waals surface area (Å²) in [5.41, 5.74) is 0. The van der Waals surface area contributed by atoms with Gasteiger partial charge in [0.15, 0.2) is 0 Å². The second-order valence-corrected chi connectivity index (χ2v) is 3.22. The Morgan fingerprint density at radius 3 is 1.33 bits per heavy atom. The zero-order valence-corrected chi connectivity index (χ0v) is 6.68. The molecule has 0 rings (SSSR count). The SMILES string of the molecule is CC(Cl)C(F)(F)C(C)Cl. The lowest BCUT2D eigenvalue weighted by atomic mass is 10.2. The van der Waals surface area contributed by atoms with E-state index >= 15 is 0 Å². The molecule has 0 radical (unpaired) electrons. The van der Waals surface area contributed by atoms with Crippen LogP contribution in [-0.4, -0.2) is 16.7 Å². The summed E-state index contributed by atoms with van der Waals surface area (Å²) in [4.78, 5) is 0. The van der Waals surface area contributed by atoms with E-state index in [1.807, 2.05) is 0 Å². The summed E-state index contributed by atoms with van der Waals surface area (Å²) in [7, 11) is 0. The minimum Gasteiger partial charge on any atom is -0.204 e. The standard InChI is InChI=1S/C5H8Cl2F2/c1-3(6)5(8,9)4(2)7/h3-4H,1-2H3. The van der Waals surface area contributed by atoms with E-state index in [1.165, 1.54) is 13.8 Å².